The first kappa shape index (κ1) is 81.0. The lowest BCUT2D eigenvalue weighted by Crippen LogP contribution is -2.41. The Bertz CT molecular complexity index is 4580. The fraction of sp³-hybridized carbons (Fsp3) is 0.197. The van der Waals surface area contributed by atoms with Gasteiger partial charge in [-0.15, -0.1) is 0 Å². The third-order valence-corrected chi connectivity index (χ3v) is 15.0. The van der Waals surface area contributed by atoms with E-state index in [4.69, 9.17) is 60.8 Å². The summed E-state index contributed by atoms with van der Waals surface area (Å²) in [6.07, 6.45) is 6.93. The number of methoxy groups -OCH3 is 3. The van der Waals surface area contributed by atoms with Gasteiger partial charge in [0.1, 0.15) is 51.9 Å². The number of nitrogens with two attached hydrogens (primary N) is 2. The summed E-state index contributed by atoms with van der Waals surface area (Å²) in [7, 11) is 8.50. The highest BCUT2D eigenvalue weighted by atomic mass is 79.9. The number of nitrogens with one attached hydrogen (secondary N) is 1. The summed E-state index contributed by atoms with van der Waals surface area (Å²) < 4.78 is 131. The summed E-state index contributed by atoms with van der Waals surface area (Å²) in [5, 5.41) is 2.12. The van der Waals surface area contributed by atoms with Crippen LogP contribution in [0.2, 0.25) is 0 Å². The van der Waals surface area contributed by atoms with Crippen molar-refractivity contribution in [2.75, 3.05) is 38.1 Å². The van der Waals surface area contributed by atoms with Gasteiger partial charge < -0.3 is 68.2 Å². The Balaban J connectivity index is 0.000000281. The Kier molecular flexibility index (Phi) is 29.2. The first-order valence-corrected chi connectivity index (χ1v) is 29.7. The minimum Gasteiger partial charge on any atom is -0.496 e. The van der Waals surface area contributed by atoms with Crippen molar-refractivity contribution in [1.82, 2.24) is 13.7 Å². The van der Waals surface area contributed by atoms with E-state index in [1.807, 2.05) is 27.7 Å². The highest BCUT2D eigenvalue weighted by Crippen LogP contribution is 2.42. The van der Waals surface area contributed by atoms with Gasteiger partial charge >= 0.3 is 7.12 Å². The lowest BCUT2D eigenvalue weighted by Gasteiger charge is -2.32. The van der Waals surface area contributed by atoms with Crippen molar-refractivity contribution in [3.8, 4) is 74.0 Å². The van der Waals surface area contributed by atoms with Crippen molar-refractivity contribution in [3.63, 3.8) is 0 Å². The van der Waals surface area contributed by atoms with Crippen LogP contribution in [0.1, 0.15) is 42.5 Å². The molecule has 28 heteroatoms. The zero-order valence-corrected chi connectivity index (χ0v) is 56.2. The van der Waals surface area contributed by atoms with E-state index in [-0.39, 0.29) is 66.0 Å². The Morgan fingerprint density at radius 3 is 1.25 bits per heavy atom. The van der Waals surface area contributed by atoms with Gasteiger partial charge in [-0.2, -0.15) is 0 Å². The number of carbonyl (C=O) groups is 2. The summed E-state index contributed by atoms with van der Waals surface area (Å²) in [6, 6.07) is 27.5. The van der Waals surface area contributed by atoms with Crippen LogP contribution >= 0.6 is 27.5 Å². The molecule has 5 N–H and O–H groups in total. The van der Waals surface area contributed by atoms with Crippen LogP contribution in [0.4, 0.5) is 43.4 Å². The number of carbonyl (C=O) groups excluding carboxylic acids is 2. The number of aryl methyl sites for hydroxylation is 3. The largest absolute Gasteiger partial charge is 0.498 e. The van der Waals surface area contributed by atoms with Gasteiger partial charge in [0.2, 0.25) is 11.1 Å². The Hall–Kier alpha value is -10.5. The van der Waals surface area contributed by atoms with Gasteiger partial charge in [-0.25, -0.2) is 26.3 Å². The maximum absolute atomic E-state index is 14.1. The second kappa shape index (κ2) is 35.7. The standard InChI is InChI=1S/C22H18F2N2O4.C19H16F2N2O3.C18H20BF2NO3.C7H8BrNO2.C3H3ClO.2CH4/c1-4-21(27)25-14-6-8-18(30-19-7-5-13(23)9-17(19)24)15(10-14)16-12-26(2)22(28)11-20(16)29-3;1-23-10-14(18(25-2)9-19(23)24)13-8-12(22)4-6-16(13)26-17-5-3-11(20)7-15(17)21;1-17(2)18(3,4)25-19(24-17)13-10-12(22)6-8-15(13)23-16-7-5-11(20)9-14(16)21;1-9-4-5(8)6(11-2)3-7(9)10;1-2-3(4)5;;/h4-12H,1H2,2-3H3,(H,25,27);3-10H,22H2,1-2H3;5-10H,22H2,1-4H3;3-4H,1-2H3;2H,1H2;2*1H4. The minimum atomic E-state index is -0.877. The van der Waals surface area contributed by atoms with Crippen LogP contribution < -0.4 is 67.3 Å². The molecule has 0 unspecified atom stereocenters. The van der Waals surface area contributed by atoms with Crippen molar-refractivity contribution < 1.29 is 73.7 Å². The van der Waals surface area contributed by atoms with Crippen molar-refractivity contribution in [2.45, 2.75) is 53.8 Å². The average Bonchev–Trinajstić information content (AvgIpc) is 1.68. The molecule has 0 spiro atoms. The molecule has 1 amide bonds. The number of ether oxygens (including phenoxy) is 6. The third-order valence-electron chi connectivity index (χ3n) is 14.2. The van der Waals surface area contributed by atoms with Crippen LogP contribution in [-0.4, -0.2) is 64.5 Å². The van der Waals surface area contributed by atoms with Crippen LogP contribution in [0.5, 0.6) is 51.7 Å². The number of aromatic nitrogens is 3. The van der Waals surface area contributed by atoms with Crippen LogP contribution in [0.15, 0.2) is 190 Å². The van der Waals surface area contributed by atoms with Gasteiger partial charge in [-0.1, -0.05) is 28.0 Å². The normalized spacial score (nSPS) is 12.0. The van der Waals surface area contributed by atoms with E-state index in [0.29, 0.717) is 68.1 Å². The minimum absolute atomic E-state index is 0. The highest BCUT2D eigenvalue weighted by molar-refractivity contribution is 9.10. The van der Waals surface area contributed by atoms with Gasteiger partial charge in [-0.3, -0.25) is 24.0 Å². The molecule has 9 aromatic rings. The number of hydrogen-bond acceptors (Lipinski definition) is 15. The van der Waals surface area contributed by atoms with Gasteiger partial charge in [0.25, 0.3) is 16.7 Å². The number of amides is 1. The molecule has 0 atom stereocenters. The lowest BCUT2D eigenvalue weighted by atomic mass is 9.78. The Morgan fingerprint density at radius 2 is 0.859 bits per heavy atom. The fourth-order valence-corrected chi connectivity index (χ4v) is 9.08. The molecule has 4 heterocycles. The van der Waals surface area contributed by atoms with Crippen molar-refractivity contribution in [2.24, 2.45) is 21.1 Å². The van der Waals surface area contributed by atoms with E-state index < -0.39 is 64.4 Å². The summed E-state index contributed by atoms with van der Waals surface area (Å²) in [6.45, 7) is 14.2. The Morgan fingerprint density at radius 1 is 0.505 bits per heavy atom. The Labute approximate surface area is 581 Å². The molecule has 10 rings (SSSR count). The average molecular weight is 1460 g/mol. The summed E-state index contributed by atoms with van der Waals surface area (Å²) in [5.41, 5.74) is 13.9. The first-order valence-electron chi connectivity index (χ1n) is 28.5. The second-order valence-corrected chi connectivity index (χ2v) is 22.9. The van der Waals surface area contributed by atoms with E-state index in [0.717, 1.165) is 47.0 Å². The molecule has 19 nitrogen and oxygen atoms in total. The molecule has 1 saturated heterocycles. The smallest absolute Gasteiger partial charge is 0.496 e. The molecule has 524 valence electrons. The number of nitrogens with zero attached hydrogens (tertiary/aromatic N) is 3. The lowest BCUT2D eigenvalue weighted by molar-refractivity contribution is -0.112. The first-order chi connectivity index (χ1) is 45.7. The van der Waals surface area contributed by atoms with Crippen molar-refractivity contribution in [3.05, 3.63) is 242 Å². The number of rotatable bonds is 15. The fourth-order valence-electron chi connectivity index (χ4n) is 8.50. The van der Waals surface area contributed by atoms with E-state index in [9.17, 15) is 50.3 Å². The van der Waals surface area contributed by atoms with Crippen LogP contribution in [-0.2, 0) is 40.0 Å². The van der Waals surface area contributed by atoms with Gasteiger partial charge in [-0.05, 0) is 158 Å². The van der Waals surface area contributed by atoms with Gasteiger partial charge in [0.05, 0.1) is 37.0 Å². The van der Waals surface area contributed by atoms with Crippen LogP contribution in [0, 0.1) is 34.9 Å². The maximum Gasteiger partial charge on any atom is 0.498 e. The molecule has 0 bridgehead atoms. The highest BCUT2D eigenvalue weighted by Gasteiger charge is 2.52. The number of benzene rings is 6. The zero-order valence-electron chi connectivity index (χ0n) is 53.8. The molecule has 0 radical (unpaired) electrons. The van der Waals surface area contributed by atoms with Crippen molar-refractivity contribution in [1.29, 1.82) is 0 Å². The van der Waals surface area contributed by atoms with E-state index in [2.05, 4.69) is 34.4 Å². The molecule has 0 aliphatic carbocycles. The SMILES string of the molecule is C.C.C=CC(=O)Cl.C=CC(=O)Nc1ccc(Oc2ccc(F)cc2F)c(-c2cn(C)c(=O)cc2OC)c1.CC1(C)OB(c2cc(N)ccc2Oc2ccc(F)cc2F)OC1(C)C.COc1cc(=O)n(C)cc1-c1cc(N)ccc1Oc1ccc(F)cc1F.COc1cc(=O)n(C)cc1Br. The molecule has 6 aromatic carbocycles. The number of nitrogen functional groups attached to an aromatic ring is 2. The third kappa shape index (κ3) is 21.5. The molecule has 3 aromatic heterocycles. The summed E-state index contributed by atoms with van der Waals surface area (Å²) in [5.74, 6) is -3.50. The zero-order chi connectivity index (χ0) is 71.8. The molecule has 99 heavy (non-hydrogen) atoms. The predicted octanol–water partition coefficient (Wildman–Crippen LogP) is 15.0. The summed E-state index contributed by atoms with van der Waals surface area (Å²) in [4.78, 5) is 56.0. The molecule has 1 aliphatic heterocycles. The van der Waals surface area contributed by atoms with E-state index in [1.165, 1.54) is 83.7 Å². The second-order valence-electron chi connectivity index (χ2n) is 21.6. The predicted molar refractivity (Wildman–Crippen MR) is 377 cm³/mol. The van der Waals surface area contributed by atoms with Crippen LogP contribution in [0.25, 0.3) is 22.3 Å². The number of pyridine rings is 3. The monoisotopic (exact) mass is 1460 g/mol. The number of allylic oxidation sites excluding steroid dienone is 1. The maximum atomic E-state index is 14.1. The quantitative estimate of drug-likeness (QED) is 0.0284. The van der Waals surface area contributed by atoms with Crippen molar-refractivity contribution >= 4 is 68.3 Å². The molecule has 1 aliphatic rings. The van der Waals surface area contributed by atoms with E-state index in [1.54, 1.807) is 82.1 Å². The number of hydrogen-bond donors (Lipinski definition) is 3. The van der Waals surface area contributed by atoms with Gasteiger partial charge in [0.15, 0.2) is 34.7 Å². The topological polar surface area (TPSA) is 238 Å². The molecule has 0 saturated carbocycles. The molecular formula is C71H73BBrClF6N6O13. The number of anilines is 3. The summed E-state index contributed by atoms with van der Waals surface area (Å²) >= 11 is 7.96. The van der Waals surface area contributed by atoms with E-state index >= 15 is 0 Å². The molecule has 1 fully saturated rings. The number of halogens is 8. The van der Waals surface area contributed by atoms with Crippen LogP contribution in [0.3, 0.4) is 0 Å². The van der Waals surface area contributed by atoms with Gasteiger partial charge in [0, 0.05) is 121 Å². The molecular weight excluding hydrogens is 1380 g/mol.